The standard InChI is InChI=1S/C18H21ClN2O2/c1-13(15-5-7-16(19)8-6-15)21-18(22)20-12-11-14-3-9-17(23-2)10-4-14/h3-10,13H,11-12H2,1-2H3,(H2,20,21,22). The maximum atomic E-state index is 11.9. The van der Waals surface area contributed by atoms with Crippen LogP contribution in [0.15, 0.2) is 48.5 Å². The van der Waals surface area contributed by atoms with Crippen molar-refractivity contribution >= 4 is 17.6 Å². The number of nitrogens with one attached hydrogen (secondary N) is 2. The van der Waals surface area contributed by atoms with Gasteiger partial charge in [-0.25, -0.2) is 4.79 Å². The van der Waals surface area contributed by atoms with Gasteiger partial charge in [0.15, 0.2) is 0 Å². The number of hydrogen-bond acceptors (Lipinski definition) is 2. The monoisotopic (exact) mass is 332 g/mol. The summed E-state index contributed by atoms with van der Waals surface area (Å²) < 4.78 is 5.12. The number of methoxy groups -OCH3 is 1. The van der Waals surface area contributed by atoms with Gasteiger partial charge in [0.2, 0.25) is 0 Å². The largest absolute Gasteiger partial charge is 0.497 e. The first-order valence-electron chi connectivity index (χ1n) is 7.51. The predicted octanol–water partition coefficient (Wildman–Crippen LogP) is 3.95. The van der Waals surface area contributed by atoms with Gasteiger partial charge in [-0.3, -0.25) is 0 Å². The smallest absolute Gasteiger partial charge is 0.315 e. The van der Waals surface area contributed by atoms with Crippen LogP contribution in [-0.2, 0) is 6.42 Å². The SMILES string of the molecule is COc1ccc(CCNC(=O)NC(C)c2ccc(Cl)cc2)cc1. The fourth-order valence-corrected chi connectivity index (χ4v) is 2.32. The first-order chi connectivity index (χ1) is 11.1. The van der Waals surface area contributed by atoms with Crippen LogP contribution in [0.3, 0.4) is 0 Å². The van der Waals surface area contributed by atoms with E-state index in [0.717, 1.165) is 23.3 Å². The van der Waals surface area contributed by atoms with Crippen LogP contribution in [0.5, 0.6) is 5.75 Å². The zero-order valence-electron chi connectivity index (χ0n) is 13.3. The molecule has 0 saturated carbocycles. The van der Waals surface area contributed by atoms with Crippen molar-refractivity contribution in [2.75, 3.05) is 13.7 Å². The molecule has 4 nitrogen and oxygen atoms in total. The molecule has 0 fully saturated rings. The molecule has 2 amide bonds. The molecule has 122 valence electrons. The van der Waals surface area contributed by atoms with E-state index in [9.17, 15) is 4.79 Å². The molecule has 2 aromatic carbocycles. The molecule has 0 aliphatic carbocycles. The number of ether oxygens (including phenoxy) is 1. The number of rotatable bonds is 6. The second kappa shape index (κ2) is 8.44. The Morgan fingerprint density at radius 1 is 1.13 bits per heavy atom. The second-order valence-electron chi connectivity index (χ2n) is 5.27. The van der Waals surface area contributed by atoms with Crippen molar-refractivity contribution in [2.45, 2.75) is 19.4 Å². The highest BCUT2D eigenvalue weighted by Crippen LogP contribution is 2.15. The first kappa shape index (κ1) is 17.2. The quantitative estimate of drug-likeness (QED) is 0.841. The van der Waals surface area contributed by atoms with E-state index in [4.69, 9.17) is 16.3 Å². The van der Waals surface area contributed by atoms with Gasteiger partial charge in [0.1, 0.15) is 5.75 Å². The third kappa shape index (κ3) is 5.49. The van der Waals surface area contributed by atoms with Crippen molar-refractivity contribution in [3.05, 3.63) is 64.7 Å². The Morgan fingerprint density at radius 3 is 2.39 bits per heavy atom. The maximum absolute atomic E-state index is 11.9. The van der Waals surface area contributed by atoms with Crippen molar-refractivity contribution in [1.82, 2.24) is 10.6 Å². The summed E-state index contributed by atoms with van der Waals surface area (Å²) in [4.78, 5) is 11.9. The summed E-state index contributed by atoms with van der Waals surface area (Å²) in [5.41, 5.74) is 2.16. The van der Waals surface area contributed by atoms with Crippen molar-refractivity contribution in [2.24, 2.45) is 0 Å². The van der Waals surface area contributed by atoms with Gasteiger partial charge in [0.25, 0.3) is 0 Å². The first-order valence-corrected chi connectivity index (χ1v) is 7.89. The predicted molar refractivity (Wildman–Crippen MR) is 93.1 cm³/mol. The minimum absolute atomic E-state index is 0.0757. The molecule has 0 aliphatic heterocycles. The van der Waals surface area contributed by atoms with Crippen LogP contribution in [0.1, 0.15) is 24.1 Å². The fourth-order valence-electron chi connectivity index (χ4n) is 2.20. The number of halogens is 1. The molecule has 2 aromatic rings. The van der Waals surface area contributed by atoms with E-state index >= 15 is 0 Å². The van der Waals surface area contributed by atoms with Gasteiger partial charge in [-0.1, -0.05) is 35.9 Å². The van der Waals surface area contributed by atoms with Gasteiger partial charge < -0.3 is 15.4 Å². The third-order valence-electron chi connectivity index (χ3n) is 3.58. The van der Waals surface area contributed by atoms with Crippen LogP contribution < -0.4 is 15.4 Å². The van der Waals surface area contributed by atoms with Crippen molar-refractivity contribution in [1.29, 1.82) is 0 Å². The molecule has 1 atom stereocenters. The van der Waals surface area contributed by atoms with Gasteiger partial charge in [0, 0.05) is 11.6 Å². The van der Waals surface area contributed by atoms with Gasteiger partial charge in [0.05, 0.1) is 13.2 Å². The van der Waals surface area contributed by atoms with E-state index in [-0.39, 0.29) is 12.1 Å². The Morgan fingerprint density at radius 2 is 1.78 bits per heavy atom. The van der Waals surface area contributed by atoms with Crippen molar-refractivity contribution in [3.8, 4) is 5.75 Å². The zero-order valence-corrected chi connectivity index (χ0v) is 14.1. The summed E-state index contributed by atoms with van der Waals surface area (Å²) in [6.07, 6.45) is 0.771. The van der Waals surface area contributed by atoms with Gasteiger partial charge in [-0.05, 0) is 48.7 Å². The average Bonchev–Trinajstić information content (AvgIpc) is 2.56. The molecule has 2 rings (SSSR count). The van der Waals surface area contributed by atoms with Crippen LogP contribution in [0, 0.1) is 0 Å². The molecule has 1 unspecified atom stereocenters. The highest BCUT2D eigenvalue weighted by Gasteiger charge is 2.08. The van der Waals surface area contributed by atoms with Gasteiger partial charge in [-0.2, -0.15) is 0 Å². The Hall–Kier alpha value is -2.20. The van der Waals surface area contributed by atoms with E-state index in [1.54, 1.807) is 7.11 Å². The van der Waals surface area contributed by atoms with E-state index in [2.05, 4.69) is 10.6 Å². The number of carbonyl (C=O) groups is 1. The molecule has 5 heteroatoms. The summed E-state index contributed by atoms with van der Waals surface area (Å²) >= 11 is 5.86. The maximum Gasteiger partial charge on any atom is 0.315 e. The molecule has 0 spiro atoms. The summed E-state index contributed by atoms with van der Waals surface area (Å²) in [5, 5.41) is 6.46. The molecule has 0 bridgehead atoms. The lowest BCUT2D eigenvalue weighted by Crippen LogP contribution is -2.38. The lowest BCUT2D eigenvalue weighted by molar-refractivity contribution is 0.238. The van der Waals surface area contributed by atoms with Crippen LogP contribution in [0.25, 0.3) is 0 Å². The molecule has 0 saturated heterocycles. The topological polar surface area (TPSA) is 50.4 Å². The van der Waals surface area contributed by atoms with Crippen molar-refractivity contribution in [3.63, 3.8) is 0 Å². The minimum Gasteiger partial charge on any atom is -0.497 e. The lowest BCUT2D eigenvalue weighted by atomic mass is 10.1. The highest BCUT2D eigenvalue weighted by atomic mass is 35.5. The molecule has 0 radical (unpaired) electrons. The highest BCUT2D eigenvalue weighted by molar-refractivity contribution is 6.30. The summed E-state index contributed by atoms with van der Waals surface area (Å²) in [5.74, 6) is 0.830. The Balaban J connectivity index is 1.74. The van der Waals surface area contributed by atoms with Crippen molar-refractivity contribution < 1.29 is 9.53 Å². The van der Waals surface area contributed by atoms with E-state index in [0.29, 0.717) is 11.6 Å². The lowest BCUT2D eigenvalue weighted by Gasteiger charge is -2.15. The van der Waals surface area contributed by atoms with Crippen LogP contribution >= 0.6 is 11.6 Å². The van der Waals surface area contributed by atoms with Crippen LogP contribution in [0.2, 0.25) is 5.02 Å². The number of urea groups is 1. The summed E-state index contributed by atoms with van der Waals surface area (Å²) in [6, 6.07) is 15.0. The Kier molecular flexibility index (Phi) is 6.29. The van der Waals surface area contributed by atoms with Gasteiger partial charge >= 0.3 is 6.03 Å². The number of carbonyl (C=O) groups excluding carboxylic acids is 1. The normalized spacial score (nSPS) is 11.6. The molecule has 23 heavy (non-hydrogen) atoms. The Bertz CT molecular complexity index is 626. The minimum atomic E-state index is -0.180. The fraction of sp³-hybridized carbons (Fsp3) is 0.278. The molecular formula is C18H21ClN2O2. The number of hydrogen-bond donors (Lipinski definition) is 2. The van der Waals surface area contributed by atoms with Crippen LogP contribution in [-0.4, -0.2) is 19.7 Å². The molecule has 0 heterocycles. The molecular weight excluding hydrogens is 312 g/mol. The second-order valence-corrected chi connectivity index (χ2v) is 5.71. The summed E-state index contributed by atoms with van der Waals surface area (Å²) in [6.45, 7) is 2.51. The number of amides is 2. The van der Waals surface area contributed by atoms with Gasteiger partial charge in [-0.15, -0.1) is 0 Å². The molecule has 2 N–H and O–H groups in total. The Labute approximate surface area is 141 Å². The van der Waals surface area contributed by atoms with E-state index in [1.807, 2.05) is 55.5 Å². The van der Waals surface area contributed by atoms with Crippen LogP contribution in [0.4, 0.5) is 4.79 Å². The molecule has 0 aromatic heterocycles. The van der Waals surface area contributed by atoms with E-state index in [1.165, 1.54) is 0 Å². The molecule has 0 aliphatic rings. The average molecular weight is 333 g/mol. The summed E-state index contributed by atoms with van der Waals surface area (Å²) in [7, 11) is 1.64. The number of benzene rings is 2. The zero-order chi connectivity index (χ0) is 16.7. The van der Waals surface area contributed by atoms with E-state index < -0.39 is 0 Å². The third-order valence-corrected chi connectivity index (χ3v) is 3.83.